The third-order valence-electron chi connectivity index (χ3n) is 3.51. The molecule has 1 nitrogen and oxygen atoms in total. The zero-order chi connectivity index (χ0) is 14.5. The number of benzene rings is 1. The molecule has 0 radical (unpaired) electrons. The van der Waals surface area contributed by atoms with Crippen LogP contribution in [0.3, 0.4) is 0 Å². The molecular formula is C16H25F2N. The average molecular weight is 269 g/mol. The lowest BCUT2D eigenvalue weighted by molar-refractivity contribution is 0.284. The molecule has 0 fully saturated rings. The minimum absolute atomic E-state index is 0.0229. The van der Waals surface area contributed by atoms with Gasteiger partial charge in [-0.15, -0.1) is 0 Å². The first-order valence-electron chi connectivity index (χ1n) is 7.00. The first-order chi connectivity index (χ1) is 8.84. The zero-order valence-electron chi connectivity index (χ0n) is 12.4. The van der Waals surface area contributed by atoms with E-state index < -0.39 is 11.6 Å². The minimum atomic E-state index is -0.497. The molecule has 0 spiro atoms. The van der Waals surface area contributed by atoms with Crippen molar-refractivity contribution >= 4 is 0 Å². The summed E-state index contributed by atoms with van der Waals surface area (Å²) >= 11 is 0. The van der Waals surface area contributed by atoms with Crippen LogP contribution in [-0.2, 0) is 6.42 Å². The molecule has 108 valence electrons. The van der Waals surface area contributed by atoms with Crippen molar-refractivity contribution in [1.29, 1.82) is 0 Å². The van der Waals surface area contributed by atoms with Crippen molar-refractivity contribution in [3.05, 3.63) is 35.4 Å². The maximum Gasteiger partial charge on any atom is 0.126 e. The van der Waals surface area contributed by atoms with Crippen molar-refractivity contribution in [3.8, 4) is 0 Å². The zero-order valence-corrected chi connectivity index (χ0v) is 12.4. The van der Waals surface area contributed by atoms with Crippen molar-refractivity contribution in [3.63, 3.8) is 0 Å². The summed E-state index contributed by atoms with van der Waals surface area (Å²) in [7, 11) is 0. The summed E-state index contributed by atoms with van der Waals surface area (Å²) in [5, 5.41) is 3.44. The van der Waals surface area contributed by atoms with E-state index in [0.29, 0.717) is 12.3 Å². The van der Waals surface area contributed by atoms with Gasteiger partial charge in [-0.25, -0.2) is 8.78 Å². The summed E-state index contributed by atoms with van der Waals surface area (Å²) in [4.78, 5) is 0. The summed E-state index contributed by atoms with van der Waals surface area (Å²) in [5.74, 6) is -0.389. The van der Waals surface area contributed by atoms with Crippen LogP contribution in [0.2, 0.25) is 0 Å². The number of nitrogens with one attached hydrogen (secondary N) is 1. The van der Waals surface area contributed by atoms with Gasteiger partial charge in [0.25, 0.3) is 0 Å². The Kier molecular flexibility index (Phi) is 5.92. The number of rotatable bonds is 7. The quantitative estimate of drug-likeness (QED) is 0.783. The molecule has 0 aromatic heterocycles. The van der Waals surface area contributed by atoms with Gasteiger partial charge in [-0.1, -0.05) is 27.7 Å². The SMILES string of the molecule is CCC(C)(CNCC(C)C)Cc1cc(F)cc(F)c1. The maximum atomic E-state index is 13.2. The Bertz CT molecular complexity index is 383. The van der Waals surface area contributed by atoms with Crippen LogP contribution >= 0.6 is 0 Å². The van der Waals surface area contributed by atoms with E-state index in [-0.39, 0.29) is 5.41 Å². The monoisotopic (exact) mass is 269 g/mol. The maximum absolute atomic E-state index is 13.2. The van der Waals surface area contributed by atoms with E-state index in [1.165, 1.54) is 12.1 Å². The molecule has 0 aliphatic heterocycles. The smallest absolute Gasteiger partial charge is 0.126 e. The van der Waals surface area contributed by atoms with Gasteiger partial charge < -0.3 is 5.32 Å². The Hall–Kier alpha value is -0.960. The van der Waals surface area contributed by atoms with Gasteiger partial charge in [0.2, 0.25) is 0 Å². The topological polar surface area (TPSA) is 12.0 Å². The Labute approximate surface area is 115 Å². The van der Waals surface area contributed by atoms with E-state index in [0.717, 1.165) is 31.1 Å². The fourth-order valence-electron chi connectivity index (χ4n) is 2.18. The van der Waals surface area contributed by atoms with Crippen molar-refractivity contribution in [2.75, 3.05) is 13.1 Å². The molecule has 19 heavy (non-hydrogen) atoms. The molecule has 0 aliphatic rings. The van der Waals surface area contributed by atoms with Gasteiger partial charge in [0.15, 0.2) is 0 Å². The highest BCUT2D eigenvalue weighted by Gasteiger charge is 2.22. The lowest BCUT2D eigenvalue weighted by atomic mass is 9.81. The van der Waals surface area contributed by atoms with Crippen molar-refractivity contribution in [1.82, 2.24) is 5.32 Å². The van der Waals surface area contributed by atoms with Crippen LogP contribution < -0.4 is 5.32 Å². The molecule has 1 aromatic carbocycles. The predicted molar refractivity (Wildman–Crippen MR) is 76.2 cm³/mol. The van der Waals surface area contributed by atoms with Gasteiger partial charge in [0, 0.05) is 12.6 Å². The van der Waals surface area contributed by atoms with Crippen molar-refractivity contribution in [2.45, 2.75) is 40.5 Å². The molecule has 1 unspecified atom stereocenters. The summed E-state index contributed by atoms with van der Waals surface area (Å²) in [6, 6.07) is 3.78. The molecule has 0 saturated carbocycles. The predicted octanol–water partition coefficient (Wildman–Crippen LogP) is 4.17. The summed E-state index contributed by atoms with van der Waals surface area (Å²) in [6.45, 7) is 10.4. The highest BCUT2D eigenvalue weighted by Crippen LogP contribution is 2.26. The molecule has 1 aromatic rings. The van der Waals surface area contributed by atoms with Crippen LogP contribution in [0, 0.1) is 23.0 Å². The van der Waals surface area contributed by atoms with Crippen LogP contribution in [0.25, 0.3) is 0 Å². The molecule has 0 heterocycles. The second kappa shape index (κ2) is 6.99. The van der Waals surface area contributed by atoms with Crippen LogP contribution in [0.15, 0.2) is 18.2 Å². The van der Waals surface area contributed by atoms with Crippen LogP contribution in [0.1, 0.15) is 39.7 Å². The Morgan fingerprint density at radius 1 is 1.16 bits per heavy atom. The molecule has 1 rings (SSSR count). The third-order valence-corrected chi connectivity index (χ3v) is 3.51. The van der Waals surface area contributed by atoms with E-state index >= 15 is 0 Å². The fourth-order valence-corrected chi connectivity index (χ4v) is 2.18. The van der Waals surface area contributed by atoms with Gasteiger partial charge in [-0.3, -0.25) is 0 Å². The second-order valence-electron chi connectivity index (χ2n) is 6.14. The molecule has 3 heteroatoms. The third kappa shape index (κ3) is 5.68. The standard InChI is InChI=1S/C16H25F2N/c1-5-16(4,11-19-10-12(2)3)9-13-6-14(17)8-15(18)7-13/h6-8,12,19H,5,9-11H2,1-4H3. The molecule has 1 atom stereocenters. The Morgan fingerprint density at radius 3 is 2.21 bits per heavy atom. The van der Waals surface area contributed by atoms with E-state index in [2.05, 4.69) is 33.0 Å². The Morgan fingerprint density at radius 2 is 1.74 bits per heavy atom. The van der Waals surface area contributed by atoms with Crippen LogP contribution in [-0.4, -0.2) is 13.1 Å². The highest BCUT2D eigenvalue weighted by atomic mass is 19.1. The normalized spacial score (nSPS) is 14.7. The highest BCUT2D eigenvalue weighted by molar-refractivity contribution is 5.19. The Balaban J connectivity index is 2.68. The summed E-state index contributed by atoms with van der Waals surface area (Å²) < 4.78 is 26.4. The lowest BCUT2D eigenvalue weighted by Gasteiger charge is -2.29. The molecule has 1 N–H and O–H groups in total. The average Bonchev–Trinajstić information content (AvgIpc) is 2.26. The summed E-state index contributed by atoms with van der Waals surface area (Å²) in [6.07, 6.45) is 1.65. The van der Waals surface area contributed by atoms with Crippen LogP contribution in [0.5, 0.6) is 0 Å². The first-order valence-corrected chi connectivity index (χ1v) is 7.00. The van der Waals surface area contributed by atoms with Gasteiger partial charge >= 0.3 is 0 Å². The van der Waals surface area contributed by atoms with Crippen molar-refractivity contribution in [2.24, 2.45) is 11.3 Å². The fraction of sp³-hybridized carbons (Fsp3) is 0.625. The lowest BCUT2D eigenvalue weighted by Crippen LogP contribution is -2.35. The molecule has 0 aliphatic carbocycles. The molecule has 0 bridgehead atoms. The molecular weight excluding hydrogens is 244 g/mol. The van der Waals surface area contributed by atoms with E-state index in [4.69, 9.17) is 0 Å². The second-order valence-corrected chi connectivity index (χ2v) is 6.14. The number of halogens is 2. The van der Waals surface area contributed by atoms with Crippen molar-refractivity contribution < 1.29 is 8.78 Å². The van der Waals surface area contributed by atoms with Gasteiger partial charge in [0.1, 0.15) is 11.6 Å². The first kappa shape index (κ1) is 16.1. The van der Waals surface area contributed by atoms with Gasteiger partial charge in [-0.05, 0) is 48.4 Å². The molecule has 0 amide bonds. The van der Waals surface area contributed by atoms with Gasteiger partial charge in [-0.2, -0.15) is 0 Å². The number of hydrogen-bond acceptors (Lipinski definition) is 1. The number of hydrogen-bond donors (Lipinski definition) is 1. The van der Waals surface area contributed by atoms with E-state index in [9.17, 15) is 8.78 Å². The van der Waals surface area contributed by atoms with Gasteiger partial charge in [0.05, 0.1) is 0 Å². The minimum Gasteiger partial charge on any atom is -0.316 e. The largest absolute Gasteiger partial charge is 0.316 e. The molecule has 0 saturated heterocycles. The van der Waals surface area contributed by atoms with E-state index in [1.807, 2.05) is 0 Å². The van der Waals surface area contributed by atoms with E-state index in [1.54, 1.807) is 0 Å². The summed E-state index contributed by atoms with van der Waals surface area (Å²) in [5.41, 5.74) is 0.753. The van der Waals surface area contributed by atoms with Crippen LogP contribution in [0.4, 0.5) is 8.78 Å².